The molecule has 2 nitrogen and oxygen atoms in total. The maximum Gasteiger partial charge on any atom is 0.123 e. The van der Waals surface area contributed by atoms with Gasteiger partial charge in [0.1, 0.15) is 5.82 Å². The molecular formula is C36H23FN2. The Morgan fingerprint density at radius 1 is 0.436 bits per heavy atom. The Morgan fingerprint density at radius 2 is 1.00 bits per heavy atom. The largest absolute Gasteiger partial charge is 0.310 e. The van der Waals surface area contributed by atoms with Crippen LogP contribution in [0.4, 0.5) is 21.5 Å². The molecule has 0 aliphatic rings. The van der Waals surface area contributed by atoms with E-state index in [1.165, 1.54) is 50.3 Å². The lowest BCUT2D eigenvalue weighted by Gasteiger charge is -2.26. The highest BCUT2D eigenvalue weighted by Crippen LogP contribution is 2.42. The first-order valence-electron chi connectivity index (χ1n) is 13.1. The van der Waals surface area contributed by atoms with Crippen molar-refractivity contribution in [3.8, 4) is 11.1 Å². The third-order valence-corrected chi connectivity index (χ3v) is 7.78. The topological polar surface area (TPSA) is 7.65 Å². The van der Waals surface area contributed by atoms with E-state index >= 15 is 0 Å². The first-order chi connectivity index (χ1) is 19.3. The number of aromatic nitrogens is 1. The molecule has 0 bridgehead atoms. The van der Waals surface area contributed by atoms with Crippen LogP contribution in [0.15, 0.2) is 140 Å². The highest BCUT2D eigenvalue weighted by Gasteiger charge is 2.19. The maximum atomic E-state index is 13.9. The van der Waals surface area contributed by atoms with Crippen molar-refractivity contribution < 1.29 is 4.39 Å². The Labute approximate surface area is 225 Å². The van der Waals surface area contributed by atoms with Gasteiger partial charge in [-0.2, -0.15) is 0 Å². The molecule has 8 aromatic rings. The molecule has 0 N–H and O–H groups in total. The Balaban J connectivity index is 1.36. The molecule has 0 aliphatic carbocycles. The van der Waals surface area contributed by atoms with Crippen molar-refractivity contribution in [2.75, 3.05) is 4.90 Å². The van der Waals surface area contributed by atoms with Crippen molar-refractivity contribution in [1.82, 2.24) is 4.40 Å². The van der Waals surface area contributed by atoms with Gasteiger partial charge in [-0.25, -0.2) is 4.39 Å². The number of rotatable bonds is 4. The van der Waals surface area contributed by atoms with Gasteiger partial charge in [-0.15, -0.1) is 0 Å². The summed E-state index contributed by atoms with van der Waals surface area (Å²) in [4.78, 5) is 2.19. The van der Waals surface area contributed by atoms with Gasteiger partial charge in [0, 0.05) is 38.6 Å². The number of hydrogen-bond acceptors (Lipinski definition) is 1. The zero-order valence-corrected chi connectivity index (χ0v) is 21.1. The third-order valence-electron chi connectivity index (χ3n) is 7.78. The van der Waals surface area contributed by atoms with Crippen LogP contribution in [-0.4, -0.2) is 4.40 Å². The van der Waals surface area contributed by atoms with Gasteiger partial charge in [-0.05, 0) is 65.7 Å². The fourth-order valence-electron chi connectivity index (χ4n) is 6.03. The fourth-order valence-corrected chi connectivity index (χ4v) is 6.03. The second kappa shape index (κ2) is 8.44. The first-order valence-corrected chi connectivity index (χ1v) is 13.1. The van der Waals surface area contributed by atoms with Crippen LogP contribution < -0.4 is 4.90 Å². The molecule has 0 fully saturated rings. The Morgan fingerprint density at radius 3 is 1.74 bits per heavy atom. The number of para-hydroxylation sites is 2. The fraction of sp³-hybridized carbons (Fsp3) is 0. The van der Waals surface area contributed by atoms with E-state index in [1.54, 1.807) is 0 Å². The molecule has 0 atom stereocenters. The third kappa shape index (κ3) is 3.33. The van der Waals surface area contributed by atoms with Crippen LogP contribution in [0.1, 0.15) is 0 Å². The van der Waals surface area contributed by atoms with Gasteiger partial charge in [0.05, 0.1) is 16.6 Å². The lowest BCUT2D eigenvalue weighted by atomic mass is 10.0. The summed E-state index contributed by atoms with van der Waals surface area (Å²) in [5, 5.41) is 5.01. The van der Waals surface area contributed by atoms with Gasteiger partial charge < -0.3 is 9.30 Å². The van der Waals surface area contributed by atoms with Crippen molar-refractivity contribution in [2.24, 2.45) is 0 Å². The minimum atomic E-state index is -0.247. The molecular weight excluding hydrogens is 479 g/mol. The average molecular weight is 503 g/mol. The van der Waals surface area contributed by atoms with Gasteiger partial charge in [0.25, 0.3) is 0 Å². The van der Waals surface area contributed by atoms with Crippen molar-refractivity contribution in [3.05, 3.63) is 145 Å². The van der Waals surface area contributed by atoms with Crippen molar-refractivity contribution in [2.45, 2.75) is 0 Å². The zero-order chi connectivity index (χ0) is 25.9. The molecule has 0 amide bonds. The second-order valence-corrected chi connectivity index (χ2v) is 9.98. The summed E-state index contributed by atoms with van der Waals surface area (Å²) in [6.45, 7) is 0. The summed E-state index contributed by atoms with van der Waals surface area (Å²) in [5.41, 5.74) is 8.89. The summed E-state index contributed by atoms with van der Waals surface area (Å²) < 4.78 is 16.3. The van der Waals surface area contributed by atoms with Crippen molar-refractivity contribution >= 4 is 55.2 Å². The van der Waals surface area contributed by atoms with Gasteiger partial charge in [0.15, 0.2) is 0 Å². The number of nitrogens with zero attached hydrogens (tertiary/aromatic N) is 2. The number of anilines is 3. The van der Waals surface area contributed by atoms with Crippen LogP contribution in [0, 0.1) is 5.82 Å². The molecule has 0 aliphatic heterocycles. The molecule has 6 aromatic carbocycles. The summed E-state index contributed by atoms with van der Waals surface area (Å²) >= 11 is 0. The van der Waals surface area contributed by atoms with E-state index in [2.05, 4.69) is 118 Å². The Hall–Kier alpha value is -5.15. The lowest BCUT2D eigenvalue weighted by molar-refractivity contribution is 0.628. The van der Waals surface area contributed by atoms with Crippen molar-refractivity contribution in [3.63, 3.8) is 0 Å². The molecule has 184 valence electrons. The van der Waals surface area contributed by atoms with Crippen LogP contribution in [0.3, 0.4) is 0 Å². The standard InChI is InChI=1S/C36H23FN2/c37-26-15-19-28(20-16-26)38(27-17-13-25(14-18-27)24-7-2-1-3-8-24)29-21-22-31-33-11-6-10-32-30-9-4-5-12-34(30)39(36(32)33)35(31)23-29/h1-23H. The predicted octanol–water partition coefficient (Wildman–Crippen LogP) is 10.1. The first kappa shape index (κ1) is 21.9. The van der Waals surface area contributed by atoms with E-state index < -0.39 is 0 Å². The van der Waals surface area contributed by atoms with Crippen molar-refractivity contribution in [1.29, 1.82) is 0 Å². The van der Waals surface area contributed by atoms with Crippen LogP contribution in [0.2, 0.25) is 0 Å². The number of fused-ring (bicyclic) bond motifs is 6. The Kier molecular flexibility index (Phi) is 4.74. The van der Waals surface area contributed by atoms with E-state index in [0.717, 1.165) is 28.1 Å². The van der Waals surface area contributed by atoms with Crippen LogP contribution in [0.25, 0.3) is 49.2 Å². The predicted molar refractivity (Wildman–Crippen MR) is 161 cm³/mol. The van der Waals surface area contributed by atoms with Crippen LogP contribution in [-0.2, 0) is 0 Å². The van der Waals surface area contributed by atoms with E-state index in [1.807, 2.05) is 18.2 Å². The number of halogens is 1. The summed E-state index contributed by atoms with van der Waals surface area (Å²) in [7, 11) is 0. The lowest BCUT2D eigenvalue weighted by Crippen LogP contribution is -2.10. The van der Waals surface area contributed by atoms with E-state index in [0.29, 0.717) is 0 Å². The van der Waals surface area contributed by atoms with Gasteiger partial charge in [0.2, 0.25) is 0 Å². The minimum Gasteiger partial charge on any atom is -0.310 e. The molecule has 2 heterocycles. The molecule has 39 heavy (non-hydrogen) atoms. The summed E-state index contributed by atoms with van der Waals surface area (Å²) in [6, 6.07) is 47.5. The van der Waals surface area contributed by atoms with Crippen LogP contribution in [0.5, 0.6) is 0 Å². The summed E-state index contributed by atoms with van der Waals surface area (Å²) in [6.07, 6.45) is 0. The molecule has 0 spiro atoms. The second-order valence-electron chi connectivity index (χ2n) is 9.98. The highest BCUT2D eigenvalue weighted by molar-refractivity contribution is 6.23. The van der Waals surface area contributed by atoms with Crippen LogP contribution >= 0.6 is 0 Å². The molecule has 0 saturated carbocycles. The highest BCUT2D eigenvalue weighted by atomic mass is 19.1. The normalized spacial score (nSPS) is 11.7. The minimum absolute atomic E-state index is 0.247. The molecule has 0 radical (unpaired) electrons. The number of benzene rings is 6. The van der Waals surface area contributed by atoms with E-state index in [9.17, 15) is 4.39 Å². The molecule has 3 heteroatoms. The SMILES string of the molecule is Fc1ccc(N(c2ccc(-c3ccccc3)cc2)c2ccc3c4cccc5c6ccccc6n(c3c2)c54)cc1. The summed E-state index contributed by atoms with van der Waals surface area (Å²) in [5.74, 6) is -0.247. The van der Waals surface area contributed by atoms with Gasteiger partial charge in [-0.1, -0.05) is 84.9 Å². The smallest absolute Gasteiger partial charge is 0.123 e. The number of hydrogen-bond donors (Lipinski definition) is 0. The molecule has 2 aromatic heterocycles. The van der Waals surface area contributed by atoms with Gasteiger partial charge in [-0.3, -0.25) is 0 Å². The zero-order valence-electron chi connectivity index (χ0n) is 21.1. The van der Waals surface area contributed by atoms with E-state index in [4.69, 9.17) is 0 Å². The molecule has 0 saturated heterocycles. The van der Waals surface area contributed by atoms with Gasteiger partial charge >= 0.3 is 0 Å². The molecule has 0 unspecified atom stereocenters. The quantitative estimate of drug-likeness (QED) is 0.232. The Bertz CT molecular complexity index is 2110. The maximum absolute atomic E-state index is 13.9. The average Bonchev–Trinajstić information content (AvgIpc) is 3.51. The monoisotopic (exact) mass is 502 g/mol. The van der Waals surface area contributed by atoms with E-state index in [-0.39, 0.29) is 5.82 Å². The molecule has 8 rings (SSSR count).